The number of carboxylic acids is 5. The van der Waals surface area contributed by atoms with Crippen LogP contribution in [0.1, 0.15) is 74.0 Å². The van der Waals surface area contributed by atoms with Gasteiger partial charge in [0, 0.05) is 86.4 Å². The van der Waals surface area contributed by atoms with Crippen molar-refractivity contribution in [3.8, 4) is 28.4 Å². The Bertz CT molecular complexity index is 5570. The van der Waals surface area contributed by atoms with Gasteiger partial charge in [-0.15, -0.1) is 0 Å². The highest BCUT2D eigenvalue weighted by molar-refractivity contribution is 6.30. The van der Waals surface area contributed by atoms with E-state index in [1.165, 1.54) is 48.0 Å². The molecule has 0 unspecified atom stereocenters. The Kier molecular flexibility index (Phi) is 19.4. The van der Waals surface area contributed by atoms with Crippen LogP contribution in [-0.2, 0) is 0 Å². The van der Waals surface area contributed by atoms with Gasteiger partial charge < -0.3 is 48.4 Å². The fraction of sp³-hybridized carbons (Fsp3) is 0.0506. The molecule has 5 heterocycles. The Labute approximate surface area is 562 Å². The van der Waals surface area contributed by atoms with E-state index in [-0.39, 0.29) is 33.3 Å². The highest BCUT2D eigenvalue weighted by atomic mass is 35.5. The molecule has 0 atom stereocenters. The monoisotopic (exact) mass is 1330 g/mol. The number of aryl methyl sites for hydroxylation is 4. The van der Waals surface area contributed by atoms with E-state index in [1.807, 2.05) is 121 Å². The molecule has 0 amide bonds. The first-order valence-corrected chi connectivity index (χ1v) is 30.7. The molecule has 0 saturated heterocycles. The highest BCUT2D eigenvalue weighted by Crippen LogP contribution is 2.31. The van der Waals surface area contributed by atoms with Crippen LogP contribution in [0.25, 0.3) is 83.0 Å². The van der Waals surface area contributed by atoms with Crippen molar-refractivity contribution in [2.75, 3.05) is 0 Å². The Balaban J connectivity index is 0.000000124. The van der Waals surface area contributed by atoms with E-state index in [2.05, 4.69) is 28.2 Å². The number of halogens is 4. The van der Waals surface area contributed by atoms with Gasteiger partial charge in [0.05, 0.1) is 60.4 Å². The zero-order valence-electron chi connectivity index (χ0n) is 52.8. The summed E-state index contributed by atoms with van der Waals surface area (Å²) in [4.78, 5) is 55.0. The Morgan fingerprint density at radius 1 is 0.316 bits per heavy atom. The predicted molar refractivity (Wildman–Crippen MR) is 375 cm³/mol. The minimum atomic E-state index is -0.975. The standard InChI is InChI=1S/2C16H12FNO2.2C16H13NO2.C15H9ClFNO2/c1-10-9-18(13-5-3-12(17)4-6-13)15-7-2-11(16(19)20)8-14(10)15;1-10-9-18(13-4-2-3-12(17)8-13)15-6-5-11(16(19)20)7-14(10)15;1-11-3-2-4-14(9-11)17-8-7-12-10-13(16(18)19)5-6-15(12)17;1-11-10-17(13-5-3-2-4-6-13)15-8-7-12(16(18)19)9-14(11)15;16-12-3-2-11(8-13(12)17)18-6-5-9-7-10(15(19)20)1-4-14(9)18/h2*2-9H,1H3,(H,19,20);2*2-10H,1H3,(H,18,19);1-8H,(H,19,20). The van der Waals surface area contributed by atoms with Gasteiger partial charge in [-0.1, -0.05) is 48.0 Å². The minimum absolute atomic E-state index is 0.0679. The predicted octanol–water partition coefficient (Wildman–Crippen LogP) is 18.9. The smallest absolute Gasteiger partial charge is 0.335 e. The molecule has 98 heavy (non-hydrogen) atoms. The number of para-hydroxylation sites is 1. The molecule has 0 fully saturated rings. The zero-order valence-corrected chi connectivity index (χ0v) is 53.5. The first-order chi connectivity index (χ1) is 47.0. The lowest BCUT2D eigenvalue weighted by Crippen LogP contribution is -1.96. The molecule has 0 aliphatic heterocycles. The Hall–Kier alpha value is -12.7. The van der Waals surface area contributed by atoms with Gasteiger partial charge >= 0.3 is 29.8 Å². The van der Waals surface area contributed by atoms with Crippen molar-refractivity contribution in [3.63, 3.8) is 0 Å². The average Bonchev–Trinajstić information content (AvgIpc) is 1.66. The first-order valence-electron chi connectivity index (χ1n) is 30.3. The SMILES string of the molecule is Cc1cccc(-n2ccc3cc(C(=O)O)ccc32)c1.Cc1cn(-c2ccc(F)cc2)c2ccc(C(=O)O)cc12.Cc1cn(-c2cccc(F)c2)c2ccc(C(=O)O)cc12.Cc1cn(-c2ccccc2)c2ccc(C(=O)O)cc12.O=C(O)c1ccc2c(ccn2-c2ccc(Cl)c(F)c2)c1. The van der Waals surface area contributed by atoms with Gasteiger partial charge in [0.2, 0.25) is 0 Å². The summed E-state index contributed by atoms with van der Waals surface area (Å²) in [5, 5.41) is 49.6. The van der Waals surface area contributed by atoms with Crippen LogP contribution in [0.15, 0.2) is 255 Å². The summed E-state index contributed by atoms with van der Waals surface area (Å²) in [5.41, 5.74) is 14.5. The summed E-state index contributed by atoms with van der Waals surface area (Å²) in [6, 6.07) is 64.2. The molecule has 5 N–H and O–H groups in total. The topological polar surface area (TPSA) is 211 Å². The number of aromatic carboxylic acids is 5. The third-order valence-corrected chi connectivity index (χ3v) is 16.6. The maximum Gasteiger partial charge on any atom is 0.335 e. The van der Waals surface area contributed by atoms with Crippen LogP contribution >= 0.6 is 11.6 Å². The average molecular weight is 1330 g/mol. The van der Waals surface area contributed by atoms with E-state index < -0.39 is 35.7 Å². The molecule has 0 aliphatic rings. The van der Waals surface area contributed by atoms with Crippen LogP contribution in [0.5, 0.6) is 0 Å². The van der Waals surface area contributed by atoms with Crippen LogP contribution in [0, 0.1) is 45.1 Å². The third-order valence-electron chi connectivity index (χ3n) is 16.3. The molecule has 0 bridgehead atoms. The van der Waals surface area contributed by atoms with Crippen LogP contribution in [0.3, 0.4) is 0 Å². The Morgan fingerprint density at radius 2 is 0.673 bits per heavy atom. The number of carboxylic acid groups (broad SMARTS) is 5. The molecule has 15 rings (SSSR count). The van der Waals surface area contributed by atoms with Crippen molar-refractivity contribution in [2.24, 2.45) is 0 Å². The van der Waals surface area contributed by atoms with Gasteiger partial charge in [-0.25, -0.2) is 37.1 Å². The molecule has 0 spiro atoms. The van der Waals surface area contributed by atoms with Crippen molar-refractivity contribution < 1.29 is 62.7 Å². The molecule has 10 aromatic carbocycles. The number of hydrogen-bond donors (Lipinski definition) is 5. The van der Waals surface area contributed by atoms with Gasteiger partial charge in [-0.05, 0) is 238 Å². The second kappa shape index (κ2) is 28.5. The van der Waals surface area contributed by atoms with Crippen LogP contribution in [-0.4, -0.2) is 78.2 Å². The summed E-state index contributed by atoms with van der Waals surface area (Å²) >= 11 is 5.67. The van der Waals surface area contributed by atoms with Crippen molar-refractivity contribution in [2.45, 2.75) is 27.7 Å². The molecule has 5 aromatic heterocycles. The normalized spacial score (nSPS) is 10.9. The number of benzene rings is 10. The summed E-state index contributed by atoms with van der Waals surface area (Å²) in [6.07, 6.45) is 9.56. The largest absolute Gasteiger partial charge is 0.478 e. The van der Waals surface area contributed by atoms with E-state index in [9.17, 15) is 37.1 Å². The fourth-order valence-corrected chi connectivity index (χ4v) is 11.6. The molecule has 19 heteroatoms. The number of nitrogens with zero attached hydrogens (tertiary/aromatic N) is 5. The summed E-state index contributed by atoms with van der Waals surface area (Å²) in [6.45, 7) is 7.88. The molecule has 15 nitrogen and oxygen atoms in total. The number of fused-ring (bicyclic) bond motifs is 5. The summed E-state index contributed by atoms with van der Waals surface area (Å²) in [5.74, 6) is -5.74. The lowest BCUT2D eigenvalue weighted by molar-refractivity contribution is 0.0686. The van der Waals surface area contributed by atoms with Crippen molar-refractivity contribution in [3.05, 3.63) is 328 Å². The lowest BCUT2D eigenvalue weighted by Gasteiger charge is -2.06. The quantitative estimate of drug-likeness (QED) is 0.0874. The lowest BCUT2D eigenvalue weighted by atomic mass is 10.1. The summed E-state index contributed by atoms with van der Waals surface area (Å²) < 4.78 is 49.6. The van der Waals surface area contributed by atoms with Crippen molar-refractivity contribution in [1.82, 2.24) is 22.8 Å². The number of carbonyl (C=O) groups is 5. The molecule has 0 aliphatic carbocycles. The van der Waals surface area contributed by atoms with E-state index in [1.54, 1.807) is 114 Å². The second-order valence-electron chi connectivity index (χ2n) is 22.9. The maximum absolute atomic E-state index is 13.5. The molecule has 0 saturated carbocycles. The number of rotatable bonds is 10. The van der Waals surface area contributed by atoms with Gasteiger partial charge in [-0.2, -0.15) is 0 Å². The Morgan fingerprint density at radius 3 is 1.08 bits per heavy atom. The van der Waals surface area contributed by atoms with Gasteiger partial charge in [0.15, 0.2) is 0 Å². The molecule has 0 radical (unpaired) electrons. The first kappa shape index (κ1) is 66.8. The van der Waals surface area contributed by atoms with Gasteiger partial charge in [0.25, 0.3) is 0 Å². The van der Waals surface area contributed by atoms with Gasteiger partial charge in [-0.3, -0.25) is 0 Å². The zero-order chi connectivity index (χ0) is 69.6. The molecule has 488 valence electrons. The number of hydrogen-bond acceptors (Lipinski definition) is 5. The van der Waals surface area contributed by atoms with E-state index in [0.717, 1.165) is 88.3 Å². The maximum atomic E-state index is 13.5. The van der Waals surface area contributed by atoms with Crippen LogP contribution in [0.4, 0.5) is 13.2 Å². The highest BCUT2D eigenvalue weighted by Gasteiger charge is 2.16. The molecular weight excluding hydrogens is 1270 g/mol. The van der Waals surface area contributed by atoms with E-state index in [4.69, 9.17) is 37.1 Å². The summed E-state index contributed by atoms with van der Waals surface area (Å²) in [7, 11) is 0. The van der Waals surface area contributed by atoms with E-state index >= 15 is 0 Å². The minimum Gasteiger partial charge on any atom is -0.478 e. The third kappa shape index (κ3) is 14.5. The van der Waals surface area contributed by atoms with Gasteiger partial charge in [0.1, 0.15) is 17.5 Å². The van der Waals surface area contributed by atoms with Crippen LogP contribution in [0.2, 0.25) is 5.02 Å². The fourth-order valence-electron chi connectivity index (χ4n) is 11.5. The second-order valence-corrected chi connectivity index (χ2v) is 23.3. The van der Waals surface area contributed by atoms with Crippen molar-refractivity contribution in [1.29, 1.82) is 0 Å². The van der Waals surface area contributed by atoms with Crippen molar-refractivity contribution >= 4 is 96.0 Å². The molecular formula is C79H59ClF3N5O10. The van der Waals surface area contributed by atoms with E-state index in [0.29, 0.717) is 22.5 Å². The van der Waals surface area contributed by atoms with Crippen LogP contribution < -0.4 is 0 Å². The number of aromatic nitrogens is 5. The molecule has 15 aromatic rings.